The van der Waals surface area contributed by atoms with E-state index in [1.165, 1.54) is 0 Å². The number of hydrogen-bond donors (Lipinski definition) is 1. The molecule has 1 heterocycles. The fourth-order valence-corrected chi connectivity index (χ4v) is 1.88. The highest BCUT2D eigenvalue weighted by Crippen LogP contribution is 2.07. The average Bonchev–Trinajstić information content (AvgIpc) is 2.82. The Kier molecular flexibility index (Phi) is 3.94. The lowest BCUT2D eigenvalue weighted by Crippen LogP contribution is -2.35. The molecule has 1 fully saturated rings. The van der Waals surface area contributed by atoms with Crippen molar-refractivity contribution in [1.29, 1.82) is 0 Å². The number of benzene rings is 1. The van der Waals surface area contributed by atoms with E-state index in [0.29, 0.717) is 13.0 Å². The molecule has 3 nitrogen and oxygen atoms in total. The summed E-state index contributed by atoms with van der Waals surface area (Å²) in [6, 6.07) is 8.04. The molecule has 1 aromatic carbocycles. The number of carbonyl (C=O) groups is 1. The molecule has 90 valence electrons. The van der Waals surface area contributed by atoms with Crippen molar-refractivity contribution in [1.82, 2.24) is 5.32 Å². The molecule has 0 aromatic heterocycles. The van der Waals surface area contributed by atoms with Crippen molar-refractivity contribution in [3.63, 3.8) is 0 Å². The highest BCUT2D eigenvalue weighted by atomic mass is 16.5. The lowest BCUT2D eigenvalue weighted by molar-refractivity contribution is -0.121. The smallest absolute Gasteiger partial charge is 0.224 e. The highest BCUT2D eigenvalue weighted by molar-refractivity contribution is 5.79. The second kappa shape index (κ2) is 5.64. The predicted molar refractivity (Wildman–Crippen MR) is 67.6 cm³/mol. The van der Waals surface area contributed by atoms with Crippen LogP contribution in [0.25, 0.3) is 6.08 Å². The maximum atomic E-state index is 11.7. The molecule has 0 spiro atoms. The van der Waals surface area contributed by atoms with Gasteiger partial charge in [-0.2, -0.15) is 0 Å². The van der Waals surface area contributed by atoms with Crippen LogP contribution in [0.1, 0.15) is 17.5 Å². The third kappa shape index (κ3) is 3.43. The van der Waals surface area contributed by atoms with Crippen LogP contribution in [0.2, 0.25) is 0 Å². The van der Waals surface area contributed by atoms with E-state index in [0.717, 1.165) is 24.2 Å². The van der Waals surface area contributed by atoms with Gasteiger partial charge in [-0.3, -0.25) is 4.79 Å². The summed E-state index contributed by atoms with van der Waals surface area (Å²) in [5, 5.41) is 2.97. The number of carbonyl (C=O) groups excluding carboxylic acids is 1. The first-order valence-corrected chi connectivity index (χ1v) is 5.86. The van der Waals surface area contributed by atoms with Gasteiger partial charge in [0.1, 0.15) is 0 Å². The van der Waals surface area contributed by atoms with E-state index in [-0.39, 0.29) is 11.9 Å². The molecule has 1 aliphatic rings. The zero-order valence-corrected chi connectivity index (χ0v) is 9.82. The predicted octanol–water partition coefficient (Wildman–Crippen LogP) is 1.78. The summed E-state index contributed by atoms with van der Waals surface area (Å²) >= 11 is 0. The second-order valence-electron chi connectivity index (χ2n) is 4.25. The zero-order valence-electron chi connectivity index (χ0n) is 9.82. The van der Waals surface area contributed by atoms with Crippen LogP contribution in [0.4, 0.5) is 0 Å². The van der Waals surface area contributed by atoms with Crippen molar-refractivity contribution < 1.29 is 9.53 Å². The maximum Gasteiger partial charge on any atom is 0.224 e. The van der Waals surface area contributed by atoms with Gasteiger partial charge in [-0.15, -0.1) is 0 Å². The quantitative estimate of drug-likeness (QED) is 0.857. The summed E-state index contributed by atoms with van der Waals surface area (Å²) in [6.07, 6.45) is 3.13. The Morgan fingerprint density at radius 3 is 2.82 bits per heavy atom. The average molecular weight is 231 g/mol. The van der Waals surface area contributed by atoms with Gasteiger partial charge in [-0.1, -0.05) is 36.9 Å². The van der Waals surface area contributed by atoms with Gasteiger partial charge >= 0.3 is 0 Å². The molecule has 2 rings (SSSR count). The maximum absolute atomic E-state index is 11.7. The van der Waals surface area contributed by atoms with Crippen LogP contribution in [0.5, 0.6) is 0 Å². The molecular formula is C14H17NO2. The summed E-state index contributed by atoms with van der Waals surface area (Å²) in [4.78, 5) is 11.7. The van der Waals surface area contributed by atoms with Gasteiger partial charge in [0, 0.05) is 6.61 Å². The van der Waals surface area contributed by atoms with Crippen molar-refractivity contribution >= 4 is 12.0 Å². The molecule has 0 aliphatic carbocycles. The monoisotopic (exact) mass is 231 g/mol. The minimum atomic E-state index is 0.0619. The van der Waals surface area contributed by atoms with Gasteiger partial charge in [0.25, 0.3) is 0 Å². The highest BCUT2D eigenvalue weighted by Gasteiger charge is 2.17. The van der Waals surface area contributed by atoms with E-state index in [4.69, 9.17) is 4.74 Å². The summed E-state index contributed by atoms with van der Waals surface area (Å²) in [6.45, 7) is 5.09. The van der Waals surface area contributed by atoms with Gasteiger partial charge in [0.2, 0.25) is 5.91 Å². The Labute approximate surface area is 101 Å². The van der Waals surface area contributed by atoms with Crippen molar-refractivity contribution in [2.45, 2.75) is 18.9 Å². The van der Waals surface area contributed by atoms with Crippen LogP contribution in [0.15, 0.2) is 30.8 Å². The molecule has 1 unspecified atom stereocenters. The molecule has 0 bridgehead atoms. The lowest BCUT2D eigenvalue weighted by atomic mass is 10.1. The van der Waals surface area contributed by atoms with E-state index in [1.54, 1.807) is 6.08 Å². The van der Waals surface area contributed by atoms with Gasteiger partial charge in [-0.05, 0) is 17.5 Å². The van der Waals surface area contributed by atoms with Crippen molar-refractivity contribution in [2.75, 3.05) is 13.2 Å². The van der Waals surface area contributed by atoms with Gasteiger partial charge in [0.15, 0.2) is 0 Å². The molecule has 0 saturated carbocycles. The standard InChI is InChI=1S/C14H17NO2/c1-2-11-3-5-12(6-4-11)9-14(16)15-13-7-8-17-10-13/h2-6,13H,1,7-10H2,(H,15,16). The fourth-order valence-electron chi connectivity index (χ4n) is 1.88. The second-order valence-corrected chi connectivity index (χ2v) is 4.25. The van der Waals surface area contributed by atoms with E-state index in [1.807, 2.05) is 24.3 Å². The zero-order chi connectivity index (χ0) is 12.1. The minimum absolute atomic E-state index is 0.0619. The molecule has 1 aliphatic heterocycles. The fraction of sp³-hybridized carbons (Fsp3) is 0.357. The topological polar surface area (TPSA) is 38.3 Å². The summed E-state index contributed by atoms with van der Waals surface area (Å²) < 4.78 is 5.21. The SMILES string of the molecule is C=Cc1ccc(CC(=O)NC2CCOC2)cc1. The largest absolute Gasteiger partial charge is 0.379 e. The first kappa shape index (κ1) is 11.9. The molecule has 17 heavy (non-hydrogen) atoms. The van der Waals surface area contributed by atoms with Crippen molar-refractivity contribution in [3.05, 3.63) is 42.0 Å². The molecule has 1 aromatic rings. The van der Waals surface area contributed by atoms with Crippen LogP contribution in [-0.4, -0.2) is 25.2 Å². The Morgan fingerprint density at radius 1 is 1.47 bits per heavy atom. The van der Waals surface area contributed by atoms with Crippen LogP contribution in [0, 0.1) is 0 Å². The molecule has 1 N–H and O–H groups in total. The lowest BCUT2D eigenvalue weighted by Gasteiger charge is -2.10. The Morgan fingerprint density at radius 2 is 2.24 bits per heavy atom. The number of ether oxygens (including phenoxy) is 1. The molecule has 3 heteroatoms. The Bertz CT molecular complexity index is 391. The van der Waals surface area contributed by atoms with Crippen LogP contribution in [-0.2, 0) is 16.0 Å². The van der Waals surface area contributed by atoms with Crippen LogP contribution < -0.4 is 5.32 Å². The van der Waals surface area contributed by atoms with Crippen molar-refractivity contribution in [2.24, 2.45) is 0 Å². The van der Waals surface area contributed by atoms with E-state index in [2.05, 4.69) is 11.9 Å². The van der Waals surface area contributed by atoms with E-state index in [9.17, 15) is 4.79 Å². The Balaban J connectivity index is 1.86. The summed E-state index contributed by atoms with van der Waals surface area (Å²) in [5.41, 5.74) is 2.09. The third-order valence-electron chi connectivity index (χ3n) is 2.87. The number of rotatable bonds is 4. The van der Waals surface area contributed by atoms with E-state index < -0.39 is 0 Å². The van der Waals surface area contributed by atoms with Gasteiger partial charge in [-0.25, -0.2) is 0 Å². The number of amides is 1. The summed E-state index contributed by atoms with van der Waals surface area (Å²) in [7, 11) is 0. The molecular weight excluding hydrogens is 214 g/mol. The molecule has 1 saturated heterocycles. The first-order chi connectivity index (χ1) is 8.28. The Hall–Kier alpha value is -1.61. The third-order valence-corrected chi connectivity index (χ3v) is 2.87. The van der Waals surface area contributed by atoms with Crippen LogP contribution >= 0.6 is 0 Å². The minimum Gasteiger partial charge on any atom is -0.379 e. The number of nitrogens with one attached hydrogen (secondary N) is 1. The molecule has 0 radical (unpaired) electrons. The first-order valence-electron chi connectivity index (χ1n) is 5.86. The van der Waals surface area contributed by atoms with Gasteiger partial charge in [0.05, 0.1) is 19.1 Å². The number of hydrogen-bond acceptors (Lipinski definition) is 2. The normalized spacial score (nSPS) is 18.9. The van der Waals surface area contributed by atoms with E-state index >= 15 is 0 Å². The van der Waals surface area contributed by atoms with Crippen molar-refractivity contribution in [3.8, 4) is 0 Å². The summed E-state index contributed by atoms with van der Waals surface area (Å²) in [5.74, 6) is 0.0619. The molecule has 1 amide bonds. The van der Waals surface area contributed by atoms with Gasteiger partial charge < -0.3 is 10.1 Å². The molecule has 1 atom stereocenters. The van der Waals surface area contributed by atoms with Crippen LogP contribution in [0.3, 0.4) is 0 Å².